The van der Waals surface area contributed by atoms with E-state index < -0.39 is 24.5 Å². The van der Waals surface area contributed by atoms with Crippen LogP contribution in [-0.4, -0.2) is 28.9 Å². The van der Waals surface area contributed by atoms with Gasteiger partial charge in [-0.05, 0) is 12.8 Å². The lowest BCUT2D eigenvalue weighted by Gasteiger charge is -2.15. The zero-order chi connectivity index (χ0) is 13.3. The summed E-state index contributed by atoms with van der Waals surface area (Å²) in [5, 5.41) is 0. The van der Waals surface area contributed by atoms with Crippen molar-refractivity contribution in [1.29, 1.82) is 0 Å². The van der Waals surface area contributed by atoms with Gasteiger partial charge in [-0.3, -0.25) is 4.79 Å². The second-order valence-corrected chi connectivity index (χ2v) is 4.09. The van der Waals surface area contributed by atoms with Crippen LogP contribution in [0.15, 0.2) is 10.9 Å². The third kappa shape index (κ3) is 2.99. The summed E-state index contributed by atoms with van der Waals surface area (Å²) in [5.41, 5.74) is -0.553. The highest BCUT2D eigenvalue weighted by Gasteiger charge is 2.42. The molecule has 4 nitrogen and oxygen atoms in total. The highest BCUT2D eigenvalue weighted by Crippen LogP contribution is 2.37. The number of H-pyrrole nitrogens is 1. The van der Waals surface area contributed by atoms with E-state index in [0.29, 0.717) is 5.82 Å². The van der Waals surface area contributed by atoms with Gasteiger partial charge in [-0.1, -0.05) is 0 Å². The summed E-state index contributed by atoms with van der Waals surface area (Å²) >= 11 is 0. The first kappa shape index (κ1) is 12.8. The van der Waals surface area contributed by atoms with Crippen molar-refractivity contribution in [1.82, 2.24) is 9.97 Å². The molecule has 1 aliphatic rings. The molecule has 1 fully saturated rings. The van der Waals surface area contributed by atoms with Crippen molar-refractivity contribution in [3.05, 3.63) is 22.2 Å². The van der Waals surface area contributed by atoms with Crippen molar-refractivity contribution in [2.75, 3.05) is 6.61 Å². The lowest BCUT2D eigenvalue weighted by atomic mass is 10.4. The van der Waals surface area contributed by atoms with Crippen LogP contribution in [0.5, 0.6) is 5.88 Å². The van der Waals surface area contributed by atoms with Crippen molar-refractivity contribution in [2.45, 2.75) is 31.1 Å². The van der Waals surface area contributed by atoms with Crippen molar-refractivity contribution in [3.8, 4) is 5.88 Å². The van der Waals surface area contributed by atoms with Gasteiger partial charge in [-0.2, -0.15) is 13.8 Å². The summed E-state index contributed by atoms with van der Waals surface area (Å²) in [4.78, 5) is 17.4. The van der Waals surface area contributed by atoms with E-state index in [1.54, 1.807) is 0 Å². The molecule has 1 aliphatic carbocycles. The van der Waals surface area contributed by atoms with Crippen LogP contribution < -0.4 is 10.3 Å². The normalized spacial score (nSPS) is 16.1. The van der Waals surface area contributed by atoms with Gasteiger partial charge in [0.25, 0.3) is 5.56 Å². The van der Waals surface area contributed by atoms with Gasteiger partial charge in [-0.25, -0.2) is 8.78 Å². The highest BCUT2D eigenvalue weighted by atomic mass is 19.3. The molecular formula is C10H10F4N2O2. The number of rotatable bonds is 5. The first-order valence-corrected chi connectivity index (χ1v) is 5.28. The van der Waals surface area contributed by atoms with E-state index in [0.717, 1.165) is 18.9 Å². The smallest absolute Gasteiger partial charge is 0.340 e. The number of hydrogen-bond donors (Lipinski definition) is 1. The van der Waals surface area contributed by atoms with Gasteiger partial charge in [0, 0.05) is 5.92 Å². The molecule has 0 bridgehead atoms. The Balaban J connectivity index is 2.07. The van der Waals surface area contributed by atoms with Crippen LogP contribution in [-0.2, 0) is 0 Å². The Morgan fingerprint density at radius 2 is 2.17 bits per heavy atom. The molecule has 100 valence electrons. The number of nitrogens with zero attached hydrogens (tertiary/aromatic N) is 1. The van der Waals surface area contributed by atoms with E-state index in [1.165, 1.54) is 0 Å². The predicted octanol–water partition coefficient (Wildman–Crippen LogP) is 1.93. The van der Waals surface area contributed by atoms with E-state index in [1.807, 2.05) is 0 Å². The molecule has 1 N–H and O–H groups in total. The number of nitrogens with one attached hydrogen (secondary N) is 1. The van der Waals surface area contributed by atoms with Gasteiger partial charge in [0.15, 0.2) is 6.61 Å². The fraction of sp³-hybridized carbons (Fsp3) is 0.600. The van der Waals surface area contributed by atoms with E-state index in [9.17, 15) is 22.4 Å². The SMILES string of the molecule is O=c1cc(OCC(F)(F)C(F)F)nc(C2CC2)[nH]1. The molecule has 0 saturated heterocycles. The van der Waals surface area contributed by atoms with E-state index >= 15 is 0 Å². The molecular weight excluding hydrogens is 256 g/mol. The molecule has 0 atom stereocenters. The number of alkyl halides is 4. The van der Waals surface area contributed by atoms with Crippen LogP contribution in [0.3, 0.4) is 0 Å². The van der Waals surface area contributed by atoms with Gasteiger partial charge in [-0.15, -0.1) is 0 Å². The van der Waals surface area contributed by atoms with E-state index in [-0.39, 0.29) is 11.8 Å². The molecule has 1 aromatic heterocycles. The number of hydrogen-bond acceptors (Lipinski definition) is 3. The fourth-order valence-electron chi connectivity index (χ4n) is 1.31. The fourth-order valence-corrected chi connectivity index (χ4v) is 1.31. The zero-order valence-corrected chi connectivity index (χ0v) is 9.13. The molecule has 0 radical (unpaired) electrons. The molecule has 0 spiro atoms. The van der Waals surface area contributed by atoms with Crippen LogP contribution in [0.4, 0.5) is 17.6 Å². The maximum Gasteiger partial charge on any atom is 0.340 e. The monoisotopic (exact) mass is 266 g/mol. The number of aromatic nitrogens is 2. The molecule has 1 heterocycles. The van der Waals surface area contributed by atoms with Gasteiger partial charge in [0.1, 0.15) is 5.82 Å². The maximum absolute atomic E-state index is 12.6. The minimum absolute atomic E-state index is 0.0943. The first-order chi connectivity index (χ1) is 8.38. The van der Waals surface area contributed by atoms with Gasteiger partial charge < -0.3 is 9.72 Å². The summed E-state index contributed by atoms with van der Waals surface area (Å²) < 4.78 is 53.5. The van der Waals surface area contributed by atoms with Crippen LogP contribution in [0.1, 0.15) is 24.6 Å². The Bertz CT molecular complexity index is 485. The average molecular weight is 266 g/mol. The zero-order valence-electron chi connectivity index (χ0n) is 9.13. The van der Waals surface area contributed by atoms with Crippen LogP contribution in [0, 0.1) is 0 Å². The Labute approximate surface area is 99.0 Å². The molecule has 0 amide bonds. The molecule has 1 saturated carbocycles. The minimum atomic E-state index is -4.26. The Hall–Kier alpha value is -1.60. The largest absolute Gasteiger partial charge is 0.471 e. The second kappa shape index (κ2) is 4.58. The predicted molar refractivity (Wildman–Crippen MR) is 53.3 cm³/mol. The summed E-state index contributed by atoms with van der Waals surface area (Å²) in [5.74, 6) is -4.18. The standard InChI is InChI=1S/C10H10F4N2O2/c11-9(12)10(13,14)4-18-7-3-6(17)15-8(16-7)5-1-2-5/h3,5,9H,1-2,4H2,(H,15,16,17). The molecule has 0 aromatic carbocycles. The second-order valence-electron chi connectivity index (χ2n) is 4.09. The van der Waals surface area contributed by atoms with Gasteiger partial charge in [0.05, 0.1) is 6.07 Å². The number of ether oxygens (including phenoxy) is 1. The number of halogens is 4. The summed E-state index contributed by atoms with van der Waals surface area (Å²) in [7, 11) is 0. The van der Waals surface area contributed by atoms with Gasteiger partial charge >= 0.3 is 12.3 Å². The third-order valence-electron chi connectivity index (χ3n) is 2.43. The minimum Gasteiger partial charge on any atom is -0.471 e. The molecule has 2 rings (SSSR count). The van der Waals surface area contributed by atoms with E-state index in [4.69, 9.17) is 0 Å². The topological polar surface area (TPSA) is 55.0 Å². The first-order valence-electron chi connectivity index (χ1n) is 5.28. The highest BCUT2D eigenvalue weighted by molar-refractivity contribution is 5.14. The molecule has 1 aromatic rings. The Morgan fingerprint density at radius 1 is 1.50 bits per heavy atom. The summed E-state index contributed by atoms with van der Waals surface area (Å²) in [6, 6.07) is 0.855. The van der Waals surface area contributed by atoms with Crippen LogP contribution in [0.25, 0.3) is 0 Å². The molecule has 0 aliphatic heterocycles. The summed E-state index contributed by atoms with van der Waals surface area (Å²) in [6.07, 6.45) is -2.12. The van der Waals surface area contributed by atoms with Gasteiger partial charge in [0.2, 0.25) is 5.88 Å². The molecule has 18 heavy (non-hydrogen) atoms. The van der Waals surface area contributed by atoms with Crippen LogP contribution >= 0.6 is 0 Å². The van der Waals surface area contributed by atoms with E-state index in [2.05, 4.69) is 14.7 Å². The molecule has 8 heteroatoms. The van der Waals surface area contributed by atoms with Crippen molar-refractivity contribution < 1.29 is 22.3 Å². The quantitative estimate of drug-likeness (QED) is 0.828. The number of aromatic amines is 1. The lowest BCUT2D eigenvalue weighted by molar-refractivity contribution is -0.148. The van der Waals surface area contributed by atoms with Crippen LogP contribution in [0.2, 0.25) is 0 Å². The Kier molecular flexibility index (Phi) is 3.27. The third-order valence-corrected chi connectivity index (χ3v) is 2.43. The molecule has 0 unspecified atom stereocenters. The lowest BCUT2D eigenvalue weighted by Crippen LogP contribution is -2.34. The van der Waals surface area contributed by atoms with Crippen molar-refractivity contribution in [2.24, 2.45) is 0 Å². The maximum atomic E-state index is 12.6. The van der Waals surface area contributed by atoms with Crippen molar-refractivity contribution in [3.63, 3.8) is 0 Å². The van der Waals surface area contributed by atoms with Crippen molar-refractivity contribution >= 4 is 0 Å². The Morgan fingerprint density at radius 3 is 2.72 bits per heavy atom. The average Bonchev–Trinajstić information content (AvgIpc) is 3.09. The summed E-state index contributed by atoms with van der Waals surface area (Å²) in [6.45, 7) is -1.51.